The summed E-state index contributed by atoms with van der Waals surface area (Å²) >= 11 is 0. The van der Waals surface area contributed by atoms with Gasteiger partial charge in [0.2, 0.25) is 5.91 Å². The Balaban J connectivity index is 1.67. The Morgan fingerprint density at radius 1 is 1.28 bits per heavy atom. The molecule has 1 atom stereocenters. The van der Waals surface area contributed by atoms with E-state index in [4.69, 9.17) is 0 Å². The maximum Gasteiger partial charge on any atom is 0.233 e. The van der Waals surface area contributed by atoms with E-state index >= 15 is 0 Å². The molecule has 1 amide bonds. The van der Waals surface area contributed by atoms with Crippen molar-refractivity contribution in [2.75, 3.05) is 26.7 Å². The molecule has 2 rings (SSSR count). The zero-order valence-corrected chi connectivity index (χ0v) is 11.7. The standard InChI is InChI=1S/C14H27N3O/c1-3-13(11-4-5-11)16-12-6-8-17(9-7-12)10-14(18)15-2/h11-13,16H,3-10H2,1-2H3,(H,15,18). The molecular weight excluding hydrogens is 226 g/mol. The van der Waals surface area contributed by atoms with Crippen molar-refractivity contribution in [3.63, 3.8) is 0 Å². The minimum absolute atomic E-state index is 0.130. The van der Waals surface area contributed by atoms with Gasteiger partial charge in [0.25, 0.3) is 0 Å². The van der Waals surface area contributed by atoms with Gasteiger partial charge in [-0.15, -0.1) is 0 Å². The summed E-state index contributed by atoms with van der Waals surface area (Å²) in [7, 11) is 1.71. The second kappa shape index (κ2) is 6.53. The number of likely N-dealkylation sites (tertiary alicyclic amines) is 1. The summed E-state index contributed by atoms with van der Waals surface area (Å²) in [6, 6.07) is 1.40. The van der Waals surface area contributed by atoms with Crippen molar-refractivity contribution in [1.82, 2.24) is 15.5 Å². The summed E-state index contributed by atoms with van der Waals surface area (Å²) in [5.41, 5.74) is 0. The van der Waals surface area contributed by atoms with Crippen LogP contribution in [-0.2, 0) is 4.79 Å². The number of carbonyl (C=O) groups is 1. The molecule has 0 spiro atoms. The number of carbonyl (C=O) groups excluding carboxylic acids is 1. The van der Waals surface area contributed by atoms with Gasteiger partial charge in [0.1, 0.15) is 0 Å². The number of amides is 1. The zero-order chi connectivity index (χ0) is 13.0. The van der Waals surface area contributed by atoms with Crippen molar-refractivity contribution < 1.29 is 4.79 Å². The number of hydrogen-bond acceptors (Lipinski definition) is 3. The van der Waals surface area contributed by atoms with Crippen LogP contribution >= 0.6 is 0 Å². The Morgan fingerprint density at radius 3 is 2.44 bits per heavy atom. The SMILES string of the molecule is CCC(NC1CCN(CC(=O)NC)CC1)C1CC1. The molecule has 1 aliphatic carbocycles. The quantitative estimate of drug-likeness (QED) is 0.741. The maximum atomic E-state index is 11.3. The summed E-state index contributed by atoms with van der Waals surface area (Å²) in [4.78, 5) is 13.6. The predicted octanol–water partition coefficient (Wildman–Crippen LogP) is 0.975. The molecule has 104 valence electrons. The lowest BCUT2D eigenvalue weighted by molar-refractivity contribution is -0.122. The molecule has 4 nitrogen and oxygen atoms in total. The minimum Gasteiger partial charge on any atom is -0.358 e. The third kappa shape index (κ3) is 3.95. The fourth-order valence-electron chi connectivity index (χ4n) is 2.93. The van der Waals surface area contributed by atoms with E-state index in [-0.39, 0.29) is 5.91 Å². The fourth-order valence-corrected chi connectivity index (χ4v) is 2.93. The summed E-state index contributed by atoms with van der Waals surface area (Å²) < 4.78 is 0. The third-order valence-corrected chi connectivity index (χ3v) is 4.31. The van der Waals surface area contributed by atoms with E-state index in [1.54, 1.807) is 7.05 Å². The van der Waals surface area contributed by atoms with Crippen molar-refractivity contribution in [1.29, 1.82) is 0 Å². The summed E-state index contributed by atoms with van der Waals surface area (Å²) in [6.45, 7) is 4.94. The fraction of sp³-hybridized carbons (Fsp3) is 0.929. The lowest BCUT2D eigenvalue weighted by atomic mass is 10.0. The molecule has 2 aliphatic rings. The minimum atomic E-state index is 0.130. The molecule has 2 fully saturated rings. The second-order valence-electron chi connectivity index (χ2n) is 5.74. The number of likely N-dealkylation sites (N-methyl/N-ethyl adjacent to an activating group) is 1. The van der Waals surface area contributed by atoms with E-state index in [0.29, 0.717) is 12.6 Å². The molecule has 0 radical (unpaired) electrons. The molecule has 1 saturated carbocycles. The van der Waals surface area contributed by atoms with Crippen LogP contribution in [0.3, 0.4) is 0 Å². The average Bonchev–Trinajstić information content (AvgIpc) is 3.22. The molecule has 0 aromatic heterocycles. The van der Waals surface area contributed by atoms with E-state index in [1.165, 1.54) is 32.1 Å². The highest BCUT2D eigenvalue weighted by molar-refractivity contribution is 5.77. The van der Waals surface area contributed by atoms with Gasteiger partial charge in [0.15, 0.2) is 0 Å². The van der Waals surface area contributed by atoms with Gasteiger partial charge in [-0.1, -0.05) is 6.92 Å². The number of rotatable bonds is 6. The van der Waals surface area contributed by atoms with E-state index in [0.717, 1.165) is 25.0 Å². The van der Waals surface area contributed by atoms with Crippen molar-refractivity contribution >= 4 is 5.91 Å². The van der Waals surface area contributed by atoms with Gasteiger partial charge >= 0.3 is 0 Å². The Hall–Kier alpha value is -0.610. The van der Waals surface area contributed by atoms with Crippen molar-refractivity contribution in [2.24, 2.45) is 5.92 Å². The molecular formula is C14H27N3O. The number of nitrogens with zero attached hydrogens (tertiary/aromatic N) is 1. The van der Waals surface area contributed by atoms with Crippen LogP contribution < -0.4 is 10.6 Å². The Kier molecular flexibility index (Phi) is 5.01. The maximum absolute atomic E-state index is 11.3. The molecule has 2 N–H and O–H groups in total. The molecule has 4 heteroatoms. The zero-order valence-electron chi connectivity index (χ0n) is 11.7. The Labute approximate surface area is 110 Å². The molecule has 0 aromatic rings. The van der Waals surface area contributed by atoms with Gasteiger partial charge in [0.05, 0.1) is 6.54 Å². The average molecular weight is 253 g/mol. The van der Waals surface area contributed by atoms with E-state index in [1.807, 2.05) is 0 Å². The monoisotopic (exact) mass is 253 g/mol. The topological polar surface area (TPSA) is 44.4 Å². The highest BCUT2D eigenvalue weighted by Gasteiger charge is 2.32. The van der Waals surface area contributed by atoms with Crippen LogP contribution in [0.2, 0.25) is 0 Å². The summed E-state index contributed by atoms with van der Waals surface area (Å²) in [5, 5.41) is 6.52. The van der Waals surface area contributed by atoms with Crippen molar-refractivity contribution in [3.8, 4) is 0 Å². The first-order valence-electron chi connectivity index (χ1n) is 7.42. The highest BCUT2D eigenvalue weighted by Crippen LogP contribution is 2.34. The Morgan fingerprint density at radius 2 is 1.94 bits per heavy atom. The lowest BCUT2D eigenvalue weighted by Crippen LogP contribution is -2.48. The van der Waals surface area contributed by atoms with Gasteiger partial charge in [-0.2, -0.15) is 0 Å². The Bertz CT molecular complexity index is 270. The first kappa shape index (κ1) is 13.8. The van der Waals surface area contributed by atoms with Gasteiger partial charge in [-0.05, 0) is 38.0 Å². The van der Waals surface area contributed by atoms with Crippen molar-refractivity contribution in [2.45, 2.75) is 51.1 Å². The predicted molar refractivity (Wildman–Crippen MR) is 73.5 cm³/mol. The van der Waals surface area contributed by atoms with Crippen LogP contribution in [0.4, 0.5) is 0 Å². The first-order chi connectivity index (χ1) is 8.72. The van der Waals surface area contributed by atoms with Gasteiger partial charge in [0, 0.05) is 32.2 Å². The van der Waals surface area contributed by atoms with Crippen molar-refractivity contribution in [3.05, 3.63) is 0 Å². The van der Waals surface area contributed by atoms with Crippen LogP contribution in [0.25, 0.3) is 0 Å². The second-order valence-corrected chi connectivity index (χ2v) is 5.74. The van der Waals surface area contributed by atoms with Crippen LogP contribution in [0.5, 0.6) is 0 Å². The molecule has 1 saturated heterocycles. The van der Waals surface area contributed by atoms with E-state index in [2.05, 4.69) is 22.5 Å². The lowest BCUT2D eigenvalue weighted by Gasteiger charge is -2.34. The van der Waals surface area contributed by atoms with Crippen LogP contribution in [0.1, 0.15) is 39.0 Å². The molecule has 0 aromatic carbocycles. The molecule has 1 unspecified atom stereocenters. The summed E-state index contributed by atoms with van der Waals surface area (Å²) in [6.07, 6.45) is 6.45. The molecule has 1 aliphatic heterocycles. The highest BCUT2D eigenvalue weighted by atomic mass is 16.1. The van der Waals surface area contributed by atoms with Crippen LogP contribution in [0, 0.1) is 5.92 Å². The van der Waals surface area contributed by atoms with Gasteiger partial charge < -0.3 is 10.6 Å². The normalized spacial score (nSPS) is 23.9. The number of hydrogen-bond donors (Lipinski definition) is 2. The number of nitrogens with one attached hydrogen (secondary N) is 2. The number of piperidine rings is 1. The van der Waals surface area contributed by atoms with Crippen LogP contribution in [-0.4, -0.2) is 49.6 Å². The van der Waals surface area contributed by atoms with Gasteiger partial charge in [-0.3, -0.25) is 9.69 Å². The first-order valence-corrected chi connectivity index (χ1v) is 7.42. The van der Waals surface area contributed by atoms with E-state index < -0.39 is 0 Å². The molecule has 18 heavy (non-hydrogen) atoms. The largest absolute Gasteiger partial charge is 0.358 e. The third-order valence-electron chi connectivity index (χ3n) is 4.31. The molecule has 1 heterocycles. The summed E-state index contributed by atoms with van der Waals surface area (Å²) in [5.74, 6) is 1.07. The smallest absolute Gasteiger partial charge is 0.233 e. The van der Waals surface area contributed by atoms with E-state index in [9.17, 15) is 4.79 Å². The molecule has 0 bridgehead atoms. The van der Waals surface area contributed by atoms with Crippen LogP contribution in [0.15, 0.2) is 0 Å². The van der Waals surface area contributed by atoms with Gasteiger partial charge in [-0.25, -0.2) is 0 Å².